The Kier molecular flexibility index (Phi) is 2.35. The summed E-state index contributed by atoms with van der Waals surface area (Å²) >= 11 is 3.30. The van der Waals surface area contributed by atoms with Crippen LogP contribution >= 0.6 is 15.9 Å². The highest BCUT2D eigenvalue weighted by Crippen LogP contribution is 2.22. The molecule has 0 aliphatic heterocycles. The van der Waals surface area contributed by atoms with Crippen molar-refractivity contribution in [1.29, 1.82) is 0 Å². The molecule has 0 atom stereocenters. The molecule has 0 spiro atoms. The summed E-state index contributed by atoms with van der Waals surface area (Å²) in [5, 5.41) is 4.46. The zero-order valence-electron chi connectivity index (χ0n) is 7.16. The Bertz CT molecular complexity index is 493. The number of nitrogens with zero attached hydrogens (tertiary/aromatic N) is 1. The van der Waals surface area contributed by atoms with Crippen LogP contribution in [0.2, 0.25) is 0 Å². The van der Waals surface area contributed by atoms with Crippen molar-refractivity contribution in [3.8, 4) is 0 Å². The minimum absolute atomic E-state index is 0.0691. The number of halogens is 1. The standard InChI is InChI=1S/C9H7BrN2O2/c10-5-1-2-6-7(3-5)12-14-9(6)8(13)4-11/h1-3H,4,11H2. The molecule has 2 N–H and O–H groups in total. The Hall–Kier alpha value is -1.20. The van der Waals surface area contributed by atoms with Crippen LogP contribution in [-0.2, 0) is 0 Å². The maximum Gasteiger partial charge on any atom is 0.214 e. The quantitative estimate of drug-likeness (QED) is 0.829. The molecule has 2 rings (SSSR count). The van der Waals surface area contributed by atoms with Gasteiger partial charge in [-0.1, -0.05) is 21.1 Å². The highest BCUT2D eigenvalue weighted by Gasteiger charge is 2.14. The Morgan fingerprint density at radius 1 is 1.57 bits per heavy atom. The van der Waals surface area contributed by atoms with Crippen LogP contribution in [0.15, 0.2) is 27.2 Å². The molecule has 0 aliphatic carbocycles. The largest absolute Gasteiger partial charge is 0.352 e. The number of rotatable bonds is 2. The van der Waals surface area contributed by atoms with Crippen LogP contribution < -0.4 is 5.73 Å². The van der Waals surface area contributed by atoms with Gasteiger partial charge < -0.3 is 10.3 Å². The zero-order valence-corrected chi connectivity index (χ0v) is 8.74. The van der Waals surface area contributed by atoms with Crippen LogP contribution in [-0.4, -0.2) is 17.5 Å². The predicted molar refractivity (Wildman–Crippen MR) is 55.1 cm³/mol. The fraction of sp³-hybridized carbons (Fsp3) is 0.111. The summed E-state index contributed by atoms with van der Waals surface area (Å²) in [7, 11) is 0. The molecule has 0 saturated heterocycles. The molecule has 14 heavy (non-hydrogen) atoms. The first kappa shape index (κ1) is 9.36. The molecule has 5 heteroatoms. The first-order chi connectivity index (χ1) is 6.72. The molecule has 0 saturated carbocycles. The van der Waals surface area contributed by atoms with E-state index in [0.29, 0.717) is 10.9 Å². The second kappa shape index (κ2) is 3.51. The van der Waals surface area contributed by atoms with Gasteiger partial charge in [0, 0.05) is 4.47 Å². The zero-order chi connectivity index (χ0) is 10.1. The average Bonchev–Trinajstić information content (AvgIpc) is 2.59. The Labute approximate surface area is 88.2 Å². The minimum Gasteiger partial charge on any atom is -0.352 e. The van der Waals surface area contributed by atoms with E-state index in [1.807, 2.05) is 6.07 Å². The van der Waals surface area contributed by atoms with E-state index in [9.17, 15) is 4.79 Å². The van der Waals surface area contributed by atoms with Gasteiger partial charge in [0.2, 0.25) is 11.5 Å². The van der Waals surface area contributed by atoms with Gasteiger partial charge in [0.15, 0.2) is 0 Å². The maximum atomic E-state index is 11.3. The van der Waals surface area contributed by atoms with Crippen molar-refractivity contribution < 1.29 is 9.32 Å². The molecule has 0 unspecified atom stereocenters. The number of nitrogens with two attached hydrogens (primary N) is 1. The molecule has 1 heterocycles. The fourth-order valence-corrected chi connectivity index (χ4v) is 1.56. The van der Waals surface area contributed by atoms with E-state index in [-0.39, 0.29) is 18.1 Å². The van der Waals surface area contributed by atoms with Gasteiger partial charge in [-0.25, -0.2) is 0 Å². The van der Waals surface area contributed by atoms with Gasteiger partial charge in [-0.15, -0.1) is 0 Å². The summed E-state index contributed by atoms with van der Waals surface area (Å²) in [4.78, 5) is 11.3. The lowest BCUT2D eigenvalue weighted by molar-refractivity contribution is 0.0968. The summed E-state index contributed by atoms with van der Waals surface area (Å²) in [6.45, 7) is -0.0691. The number of fused-ring (bicyclic) bond motifs is 1. The van der Waals surface area contributed by atoms with Gasteiger partial charge in [0.25, 0.3) is 0 Å². The average molecular weight is 255 g/mol. The smallest absolute Gasteiger partial charge is 0.214 e. The van der Waals surface area contributed by atoms with Crippen molar-refractivity contribution in [2.24, 2.45) is 5.73 Å². The van der Waals surface area contributed by atoms with Gasteiger partial charge in [0.1, 0.15) is 5.52 Å². The van der Waals surface area contributed by atoms with Crippen molar-refractivity contribution in [2.75, 3.05) is 6.54 Å². The maximum absolute atomic E-state index is 11.3. The van der Waals surface area contributed by atoms with Crippen LogP contribution in [0.25, 0.3) is 10.9 Å². The van der Waals surface area contributed by atoms with E-state index in [1.165, 1.54) is 0 Å². The SMILES string of the molecule is NCC(=O)c1onc2cc(Br)ccc12. The lowest BCUT2D eigenvalue weighted by atomic mass is 10.2. The van der Waals surface area contributed by atoms with Crippen LogP contribution in [0.1, 0.15) is 10.6 Å². The van der Waals surface area contributed by atoms with Crippen molar-refractivity contribution in [2.45, 2.75) is 0 Å². The van der Waals surface area contributed by atoms with E-state index < -0.39 is 0 Å². The molecule has 0 aliphatic rings. The third-order valence-corrected chi connectivity index (χ3v) is 2.37. The second-order valence-corrected chi connectivity index (χ2v) is 3.72. The second-order valence-electron chi connectivity index (χ2n) is 2.80. The molecule has 2 aromatic rings. The lowest BCUT2D eigenvalue weighted by Crippen LogP contribution is -2.12. The highest BCUT2D eigenvalue weighted by atomic mass is 79.9. The number of carbonyl (C=O) groups is 1. The van der Waals surface area contributed by atoms with Gasteiger partial charge in [-0.3, -0.25) is 4.79 Å². The number of benzene rings is 1. The third kappa shape index (κ3) is 1.44. The van der Waals surface area contributed by atoms with E-state index >= 15 is 0 Å². The predicted octanol–water partition coefficient (Wildman–Crippen LogP) is 1.73. The monoisotopic (exact) mass is 254 g/mol. The van der Waals surface area contributed by atoms with Crippen LogP contribution in [0, 0.1) is 0 Å². The topological polar surface area (TPSA) is 69.1 Å². The number of aromatic nitrogens is 1. The summed E-state index contributed by atoms with van der Waals surface area (Å²) in [5.41, 5.74) is 5.89. The number of hydrogen-bond acceptors (Lipinski definition) is 4. The first-order valence-corrected chi connectivity index (χ1v) is 4.80. The van der Waals surface area contributed by atoms with E-state index in [0.717, 1.165) is 4.47 Å². The molecule has 0 radical (unpaired) electrons. The summed E-state index contributed by atoms with van der Waals surface area (Å²) in [5.74, 6) is -0.00942. The Morgan fingerprint density at radius 2 is 2.36 bits per heavy atom. The van der Waals surface area contributed by atoms with Crippen molar-refractivity contribution in [1.82, 2.24) is 5.16 Å². The summed E-state index contributed by atoms with van der Waals surface area (Å²) < 4.78 is 5.82. The Morgan fingerprint density at radius 3 is 3.07 bits per heavy atom. The van der Waals surface area contributed by atoms with Gasteiger partial charge in [-0.2, -0.15) is 0 Å². The number of ketones is 1. The summed E-state index contributed by atoms with van der Waals surface area (Å²) in [6, 6.07) is 5.39. The molecule has 0 amide bonds. The van der Waals surface area contributed by atoms with Crippen molar-refractivity contribution in [3.05, 3.63) is 28.4 Å². The molecule has 1 aromatic carbocycles. The van der Waals surface area contributed by atoms with Gasteiger partial charge >= 0.3 is 0 Å². The summed E-state index contributed by atoms with van der Waals surface area (Å²) in [6.07, 6.45) is 0. The molecular formula is C9H7BrN2O2. The highest BCUT2D eigenvalue weighted by molar-refractivity contribution is 9.10. The van der Waals surface area contributed by atoms with E-state index in [4.69, 9.17) is 10.3 Å². The molecule has 1 aromatic heterocycles. The number of Topliss-reactive ketones (excluding diaryl/α,β-unsaturated/α-hetero) is 1. The molecular weight excluding hydrogens is 248 g/mol. The first-order valence-electron chi connectivity index (χ1n) is 4.00. The van der Waals surface area contributed by atoms with Crippen molar-refractivity contribution in [3.63, 3.8) is 0 Å². The molecule has 0 fully saturated rings. The normalized spacial score (nSPS) is 10.7. The number of carbonyl (C=O) groups excluding carboxylic acids is 1. The van der Waals surface area contributed by atoms with Crippen LogP contribution in [0.4, 0.5) is 0 Å². The van der Waals surface area contributed by atoms with Gasteiger partial charge in [-0.05, 0) is 18.2 Å². The van der Waals surface area contributed by atoms with E-state index in [2.05, 4.69) is 21.1 Å². The molecule has 4 nitrogen and oxygen atoms in total. The third-order valence-electron chi connectivity index (χ3n) is 1.88. The minimum atomic E-state index is -0.241. The number of hydrogen-bond donors (Lipinski definition) is 1. The van der Waals surface area contributed by atoms with E-state index in [1.54, 1.807) is 12.1 Å². The molecule has 0 bridgehead atoms. The molecule has 72 valence electrons. The van der Waals surface area contributed by atoms with Crippen LogP contribution in [0.5, 0.6) is 0 Å². The van der Waals surface area contributed by atoms with Crippen LogP contribution in [0.3, 0.4) is 0 Å². The Balaban J connectivity index is 2.64. The van der Waals surface area contributed by atoms with Gasteiger partial charge in [0.05, 0.1) is 11.9 Å². The lowest BCUT2D eigenvalue weighted by Gasteiger charge is -1.91. The van der Waals surface area contributed by atoms with Crippen molar-refractivity contribution >= 4 is 32.6 Å². The fourth-order valence-electron chi connectivity index (χ4n) is 1.21.